The lowest BCUT2D eigenvalue weighted by Gasteiger charge is -2.10. The van der Waals surface area contributed by atoms with Gasteiger partial charge in [-0.3, -0.25) is 0 Å². The molecule has 6 nitrogen and oxygen atoms in total. The predicted octanol–water partition coefficient (Wildman–Crippen LogP) is 4.12. The zero-order valence-corrected chi connectivity index (χ0v) is 14.6. The minimum atomic E-state index is -4.85. The Bertz CT molecular complexity index is 1150. The molecule has 0 atom stereocenters. The van der Waals surface area contributed by atoms with Crippen LogP contribution in [0.5, 0.6) is 0 Å². The predicted molar refractivity (Wildman–Crippen MR) is 82.8 cm³/mol. The number of hydrogen-bond donors (Lipinski definition) is 0. The summed E-state index contributed by atoms with van der Waals surface area (Å²) < 4.78 is 107. The van der Waals surface area contributed by atoms with Gasteiger partial charge in [-0.05, 0) is 12.1 Å². The highest BCUT2D eigenvalue weighted by Gasteiger charge is 2.35. The largest absolute Gasteiger partial charge is 0.433 e. The van der Waals surface area contributed by atoms with Crippen LogP contribution in [0.3, 0.4) is 0 Å². The Morgan fingerprint density at radius 3 is 2.25 bits per heavy atom. The topological polar surface area (TPSA) is 86.0 Å². The van der Waals surface area contributed by atoms with Crippen molar-refractivity contribution in [2.24, 2.45) is 0 Å². The summed E-state index contributed by atoms with van der Waals surface area (Å²) in [5.74, 6) is -1.08. The molecule has 3 aromatic rings. The molecule has 0 bridgehead atoms. The second-order valence-electron chi connectivity index (χ2n) is 5.53. The first-order valence-corrected chi connectivity index (χ1v) is 9.12. The molecule has 28 heavy (non-hydrogen) atoms. The summed E-state index contributed by atoms with van der Waals surface area (Å²) in [5, 5.41) is 0. The van der Waals surface area contributed by atoms with Gasteiger partial charge in [0.2, 0.25) is 5.89 Å². The van der Waals surface area contributed by atoms with E-state index in [1.165, 1.54) is 6.92 Å². The molecule has 13 heteroatoms. The van der Waals surface area contributed by atoms with E-state index in [0.717, 1.165) is 6.20 Å². The molecular weight excluding hydrogens is 416 g/mol. The van der Waals surface area contributed by atoms with Gasteiger partial charge in [-0.1, -0.05) is 6.92 Å². The zero-order valence-electron chi connectivity index (χ0n) is 13.8. The molecule has 0 amide bonds. The fourth-order valence-corrected chi connectivity index (χ4v) is 3.30. The van der Waals surface area contributed by atoms with Crippen molar-refractivity contribution in [2.45, 2.75) is 24.2 Å². The average molecular weight is 425 g/mol. The van der Waals surface area contributed by atoms with E-state index < -0.39 is 55.7 Å². The highest BCUT2D eigenvalue weighted by Crippen LogP contribution is 2.35. The van der Waals surface area contributed by atoms with Gasteiger partial charge in [0.25, 0.3) is 0 Å². The van der Waals surface area contributed by atoms with E-state index in [-0.39, 0.29) is 11.1 Å². The highest BCUT2D eigenvalue weighted by molar-refractivity contribution is 7.91. The minimum absolute atomic E-state index is 0.218. The number of alkyl halides is 6. The van der Waals surface area contributed by atoms with E-state index in [9.17, 15) is 34.8 Å². The maximum absolute atomic E-state index is 12.9. The minimum Gasteiger partial charge on any atom is -0.433 e. The number of sulfone groups is 1. The summed E-state index contributed by atoms with van der Waals surface area (Å²) in [6.07, 6.45) is -8.49. The van der Waals surface area contributed by atoms with Gasteiger partial charge >= 0.3 is 12.4 Å². The Balaban J connectivity index is 2.23. The first-order valence-electron chi connectivity index (χ1n) is 7.47. The van der Waals surface area contributed by atoms with Gasteiger partial charge in [-0.15, -0.1) is 0 Å². The Morgan fingerprint density at radius 1 is 1.00 bits per heavy atom. The van der Waals surface area contributed by atoms with Crippen LogP contribution < -0.4 is 0 Å². The maximum Gasteiger partial charge on any atom is 0.433 e. The fraction of sp³-hybridized carbons (Fsp3) is 0.267. The van der Waals surface area contributed by atoms with Crippen LogP contribution in [0.25, 0.3) is 22.7 Å². The Kier molecular flexibility index (Phi) is 4.60. The van der Waals surface area contributed by atoms with Crippen LogP contribution in [0.1, 0.15) is 18.2 Å². The van der Waals surface area contributed by atoms with E-state index in [2.05, 4.69) is 15.0 Å². The summed E-state index contributed by atoms with van der Waals surface area (Å²) in [5.41, 5.74) is -3.63. The highest BCUT2D eigenvalue weighted by atomic mass is 32.2. The van der Waals surface area contributed by atoms with E-state index in [0.29, 0.717) is 18.3 Å². The lowest BCUT2D eigenvalue weighted by molar-refractivity contribution is -0.141. The molecule has 3 heterocycles. The average Bonchev–Trinajstić information content (AvgIpc) is 3.02. The van der Waals surface area contributed by atoms with Crippen molar-refractivity contribution < 1.29 is 39.2 Å². The standard InChI is InChI=1S/C15H9F6N3O3S/c1-2-28(25,26)10-3-7(14(16,17)18)5-23-12(10)13-24-8-4-11(15(19,20)21)22-6-9(8)27-13/h3-6H,2H2,1H3. The summed E-state index contributed by atoms with van der Waals surface area (Å²) in [7, 11) is -4.19. The van der Waals surface area contributed by atoms with Crippen molar-refractivity contribution in [3.63, 3.8) is 0 Å². The molecule has 0 saturated carbocycles. The first kappa shape index (κ1) is 20.0. The number of fused-ring (bicyclic) bond motifs is 1. The third kappa shape index (κ3) is 3.66. The second kappa shape index (κ2) is 6.43. The molecule has 3 aromatic heterocycles. The van der Waals surface area contributed by atoms with Crippen molar-refractivity contribution in [2.75, 3.05) is 5.75 Å². The number of aromatic nitrogens is 3. The number of halogens is 6. The monoisotopic (exact) mass is 425 g/mol. The van der Waals surface area contributed by atoms with Crippen LogP contribution in [0, 0.1) is 0 Å². The van der Waals surface area contributed by atoms with Gasteiger partial charge in [0.15, 0.2) is 15.4 Å². The van der Waals surface area contributed by atoms with Crippen LogP contribution in [0.2, 0.25) is 0 Å². The van der Waals surface area contributed by atoms with E-state index >= 15 is 0 Å². The van der Waals surface area contributed by atoms with Crippen LogP contribution in [-0.2, 0) is 22.2 Å². The molecule has 3 rings (SSSR count). The lowest BCUT2D eigenvalue weighted by atomic mass is 10.2. The number of nitrogens with zero attached hydrogens (tertiary/aromatic N) is 3. The Morgan fingerprint density at radius 2 is 1.68 bits per heavy atom. The zero-order chi connectivity index (χ0) is 20.9. The molecule has 0 aliphatic rings. The Labute approximate surface area is 153 Å². The summed E-state index contributed by atoms with van der Waals surface area (Å²) in [4.78, 5) is 9.62. The summed E-state index contributed by atoms with van der Waals surface area (Å²) in [6.45, 7) is 1.21. The lowest BCUT2D eigenvalue weighted by Crippen LogP contribution is -2.12. The fourth-order valence-electron chi connectivity index (χ4n) is 2.24. The van der Waals surface area contributed by atoms with Gasteiger partial charge in [-0.2, -0.15) is 26.3 Å². The molecule has 0 spiro atoms. The van der Waals surface area contributed by atoms with Crippen molar-refractivity contribution in [3.8, 4) is 11.6 Å². The second-order valence-corrected chi connectivity index (χ2v) is 7.77. The van der Waals surface area contributed by atoms with Gasteiger partial charge in [0.05, 0.1) is 22.4 Å². The van der Waals surface area contributed by atoms with E-state index in [4.69, 9.17) is 4.42 Å². The van der Waals surface area contributed by atoms with Crippen LogP contribution in [-0.4, -0.2) is 29.1 Å². The number of hydrogen-bond acceptors (Lipinski definition) is 6. The quantitative estimate of drug-likeness (QED) is 0.587. The number of rotatable bonds is 3. The number of pyridine rings is 2. The van der Waals surface area contributed by atoms with Crippen molar-refractivity contribution in [1.82, 2.24) is 15.0 Å². The molecular formula is C15H9F6N3O3S. The molecule has 0 aliphatic heterocycles. The summed E-state index contributed by atoms with van der Waals surface area (Å²) in [6, 6.07) is 0.954. The number of oxazole rings is 1. The molecule has 150 valence electrons. The van der Waals surface area contributed by atoms with Crippen LogP contribution >= 0.6 is 0 Å². The van der Waals surface area contributed by atoms with Gasteiger partial charge in [0, 0.05) is 6.20 Å². The third-order valence-electron chi connectivity index (χ3n) is 3.66. The smallest absolute Gasteiger partial charge is 0.433 e. The van der Waals surface area contributed by atoms with Crippen molar-refractivity contribution in [1.29, 1.82) is 0 Å². The van der Waals surface area contributed by atoms with Crippen LogP contribution in [0.15, 0.2) is 33.8 Å². The van der Waals surface area contributed by atoms with Crippen molar-refractivity contribution >= 4 is 20.9 Å². The molecule has 0 unspecified atom stereocenters. The maximum atomic E-state index is 12.9. The van der Waals surface area contributed by atoms with Crippen molar-refractivity contribution in [3.05, 3.63) is 35.8 Å². The molecule has 0 aromatic carbocycles. The third-order valence-corrected chi connectivity index (χ3v) is 5.40. The van der Waals surface area contributed by atoms with Gasteiger partial charge < -0.3 is 4.42 Å². The van der Waals surface area contributed by atoms with Gasteiger partial charge in [0.1, 0.15) is 16.9 Å². The molecule has 0 N–H and O–H groups in total. The molecule has 0 fully saturated rings. The normalized spacial score (nSPS) is 13.2. The van der Waals surface area contributed by atoms with E-state index in [1.807, 2.05) is 0 Å². The van der Waals surface area contributed by atoms with Crippen LogP contribution in [0.4, 0.5) is 26.3 Å². The molecule has 0 saturated heterocycles. The molecule has 0 radical (unpaired) electrons. The van der Waals surface area contributed by atoms with Gasteiger partial charge in [-0.25, -0.2) is 23.4 Å². The Hall–Kier alpha value is -2.70. The SMILES string of the molecule is CCS(=O)(=O)c1cc(C(F)(F)F)cnc1-c1nc2cc(C(F)(F)F)ncc2o1. The molecule has 0 aliphatic carbocycles. The van der Waals surface area contributed by atoms with E-state index in [1.54, 1.807) is 0 Å². The first-order chi connectivity index (χ1) is 12.8. The summed E-state index contributed by atoms with van der Waals surface area (Å²) >= 11 is 0.